The van der Waals surface area contributed by atoms with Gasteiger partial charge >= 0.3 is 6.09 Å². The van der Waals surface area contributed by atoms with Crippen LogP contribution in [0.4, 0.5) is 10.6 Å². The molecule has 0 radical (unpaired) electrons. The van der Waals surface area contributed by atoms with Gasteiger partial charge in [-0.05, 0) is 47.5 Å². The summed E-state index contributed by atoms with van der Waals surface area (Å²) in [6.07, 6.45) is 3.70. The first-order valence-corrected chi connectivity index (χ1v) is 9.10. The van der Waals surface area contributed by atoms with Crippen molar-refractivity contribution in [3.05, 3.63) is 12.7 Å². The summed E-state index contributed by atoms with van der Waals surface area (Å²) < 4.78 is 12.6. The number of imidazole rings is 1. The summed E-state index contributed by atoms with van der Waals surface area (Å²) in [4.78, 5) is 35.3. The van der Waals surface area contributed by atoms with Crippen molar-refractivity contribution in [3.8, 4) is 0 Å². The highest BCUT2D eigenvalue weighted by molar-refractivity contribution is 5.93. The number of aromatic nitrogens is 4. The van der Waals surface area contributed by atoms with E-state index in [2.05, 4.69) is 20.3 Å². The Kier molecular flexibility index (Phi) is 6.88. The van der Waals surface area contributed by atoms with Gasteiger partial charge in [0.15, 0.2) is 22.8 Å². The number of nitrogens with zero attached hydrogens (tertiary/aromatic N) is 4. The molecular weight excluding hydrogens is 382 g/mol. The van der Waals surface area contributed by atoms with Crippen molar-refractivity contribution in [1.82, 2.24) is 19.5 Å². The van der Waals surface area contributed by atoms with Crippen LogP contribution in [0.25, 0.3) is 11.2 Å². The number of anilines is 1. The second-order valence-corrected chi connectivity index (χ2v) is 8.01. The first kappa shape index (κ1) is 22.7. The van der Waals surface area contributed by atoms with Crippen LogP contribution < -0.4 is 5.32 Å². The fourth-order valence-corrected chi connectivity index (χ4v) is 2.50. The number of nitrogens with one attached hydrogen (secondary N) is 1. The Morgan fingerprint density at radius 3 is 2.45 bits per heavy atom. The lowest BCUT2D eigenvalue weighted by Crippen LogP contribution is -2.27. The molecular formula is C18H27N5O6. The Balaban J connectivity index is 0.000000537. The number of amides is 1. The third-order valence-electron chi connectivity index (χ3n) is 3.47. The van der Waals surface area contributed by atoms with E-state index in [1.807, 2.05) is 0 Å². The zero-order valence-electron chi connectivity index (χ0n) is 17.1. The molecule has 0 saturated carbocycles. The quantitative estimate of drug-likeness (QED) is 0.509. The average Bonchev–Trinajstić information content (AvgIpc) is 3.18. The fraction of sp³-hybridized carbons (Fsp3) is 0.611. The van der Waals surface area contributed by atoms with E-state index < -0.39 is 23.6 Å². The second kappa shape index (κ2) is 8.80. The maximum Gasteiger partial charge on any atom is 0.413 e. The van der Waals surface area contributed by atoms with E-state index in [1.54, 1.807) is 31.7 Å². The highest BCUT2D eigenvalue weighted by atomic mass is 16.6. The molecule has 0 spiro atoms. The van der Waals surface area contributed by atoms with Gasteiger partial charge in [0, 0.05) is 0 Å². The van der Waals surface area contributed by atoms with Gasteiger partial charge in [-0.25, -0.2) is 19.7 Å². The molecule has 2 unspecified atom stereocenters. The second-order valence-electron chi connectivity index (χ2n) is 8.01. The Hall–Kier alpha value is -2.63. The van der Waals surface area contributed by atoms with E-state index in [0.29, 0.717) is 24.0 Å². The Morgan fingerprint density at radius 2 is 1.90 bits per heavy atom. The molecule has 2 atom stereocenters. The van der Waals surface area contributed by atoms with Crippen LogP contribution >= 0.6 is 0 Å². The summed E-state index contributed by atoms with van der Waals surface area (Å²) in [6.45, 7) is 7.92. The minimum absolute atomic E-state index is 0.262. The van der Waals surface area contributed by atoms with Crippen LogP contribution in [0.5, 0.6) is 0 Å². The topological polar surface area (TPSA) is 149 Å². The molecule has 29 heavy (non-hydrogen) atoms. The molecule has 1 amide bonds. The lowest BCUT2D eigenvalue weighted by Gasteiger charge is -2.19. The van der Waals surface area contributed by atoms with Crippen LogP contribution in [0.2, 0.25) is 0 Å². The third-order valence-corrected chi connectivity index (χ3v) is 3.47. The summed E-state index contributed by atoms with van der Waals surface area (Å²) in [5, 5.41) is 18.7. The van der Waals surface area contributed by atoms with Gasteiger partial charge in [-0.1, -0.05) is 0 Å². The highest BCUT2D eigenvalue weighted by Gasteiger charge is 2.28. The van der Waals surface area contributed by atoms with Crippen molar-refractivity contribution in [1.29, 1.82) is 0 Å². The lowest BCUT2D eigenvalue weighted by molar-refractivity contribution is -0.127. The maximum absolute atomic E-state index is 11.9. The zero-order valence-corrected chi connectivity index (χ0v) is 17.1. The monoisotopic (exact) mass is 409 g/mol. The van der Waals surface area contributed by atoms with E-state index in [1.165, 1.54) is 20.2 Å². The van der Waals surface area contributed by atoms with Gasteiger partial charge in [-0.3, -0.25) is 9.88 Å². The van der Waals surface area contributed by atoms with Crippen molar-refractivity contribution >= 4 is 29.4 Å². The van der Waals surface area contributed by atoms with E-state index in [4.69, 9.17) is 19.7 Å². The first-order valence-electron chi connectivity index (χ1n) is 9.10. The first-order chi connectivity index (χ1) is 13.4. The van der Waals surface area contributed by atoms with Crippen LogP contribution in [-0.4, -0.2) is 59.6 Å². The Morgan fingerprint density at radius 1 is 1.24 bits per heavy atom. The van der Waals surface area contributed by atoms with Crippen LogP contribution in [0, 0.1) is 0 Å². The molecule has 2 aromatic heterocycles. The normalized spacial score (nSPS) is 19.4. The molecule has 1 aliphatic rings. The van der Waals surface area contributed by atoms with Gasteiger partial charge < -0.3 is 24.5 Å². The number of aliphatic hydroxyl groups is 2. The van der Waals surface area contributed by atoms with Crippen molar-refractivity contribution in [3.63, 3.8) is 0 Å². The molecule has 11 nitrogen and oxygen atoms in total. The minimum atomic E-state index is -1.50. The van der Waals surface area contributed by atoms with Crippen molar-refractivity contribution in [2.24, 2.45) is 0 Å². The summed E-state index contributed by atoms with van der Waals surface area (Å²) in [5.74, 6) is -1.24. The van der Waals surface area contributed by atoms with Gasteiger partial charge in [-0.2, -0.15) is 0 Å². The standard InChI is InChI=1S/C15H19N5O4.C3H8O2/c1-15(2,3)24-14(22)19-12-11-13(17-7-16-12)20(8-18-11)10-5-4-9(6-21)23-10;1-3(2,4)5/h6-10H,4-5H2,1-3H3,(H,16,17,19,22);4-5H,1-2H3. The molecule has 1 fully saturated rings. The highest BCUT2D eigenvalue weighted by Crippen LogP contribution is 2.30. The molecule has 2 aromatic rings. The molecule has 0 aliphatic carbocycles. The number of carbonyl (C=O) groups is 2. The van der Waals surface area contributed by atoms with Crippen LogP contribution in [-0.2, 0) is 14.3 Å². The Bertz CT molecular complexity index is 849. The number of aldehydes is 1. The smallest absolute Gasteiger partial charge is 0.413 e. The van der Waals surface area contributed by atoms with E-state index in [0.717, 1.165) is 6.29 Å². The van der Waals surface area contributed by atoms with Crippen molar-refractivity contribution < 1.29 is 29.3 Å². The summed E-state index contributed by atoms with van der Waals surface area (Å²) >= 11 is 0. The SMILES string of the molecule is CC(C)(C)OC(=O)Nc1ncnc2c1ncn2C1CCC(C=O)O1.CC(C)(O)O. The molecule has 0 aromatic carbocycles. The number of ether oxygens (including phenoxy) is 2. The average molecular weight is 409 g/mol. The number of carbonyl (C=O) groups excluding carboxylic acids is 2. The van der Waals surface area contributed by atoms with E-state index >= 15 is 0 Å². The third kappa shape index (κ3) is 7.04. The number of rotatable bonds is 3. The summed E-state index contributed by atoms with van der Waals surface area (Å²) in [6, 6.07) is 0. The molecule has 11 heteroatoms. The number of hydrogen-bond acceptors (Lipinski definition) is 9. The maximum atomic E-state index is 11.9. The molecule has 0 bridgehead atoms. The zero-order chi connectivity index (χ0) is 21.8. The van der Waals surface area contributed by atoms with Gasteiger partial charge in [0.05, 0.1) is 6.33 Å². The predicted octanol–water partition coefficient (Wildman–Crippen LogP) is 1.76. The largest absolute Gasteiger partial charge is 0.444 e. The molecule has 3 rings (SSSR count). The molecule has 3 N–H and O–H groups in total. The lowest BCUT2D eigenvalue weighted by atomic mass is 10.2. The molecule has 3 heterocycles. The van der Waals surface area contributed by atoms with Crippen molar-refractivity contribution in [2.75, 3.05) is 5.32 Å². The fourth-order valence-electron chi connectivity index (χ4n) is 2.50. The minimum Gasteiger partial charge on any atom is -0.444 e. The van der Waals surface area contributed by atoms with Gasteiger partial charge in [0.25, 0.3) is 0 Å². The van der Waals surface area contributed by atoms with E-state index in [-0.39, 0.29) is 12.0 Å². The van der Waals surface area contributed by atoms with Crippen molar-refractivity contribution in [2.45, 2.75) is 71.2 Å². The Labute approximate surface area is 168 Å². The molecule has 1 saturated heterocycles. The number of hydrogen-bond donors (Lipinski definition) is 3. The van der Waals surface area contributed by atoms with E-state index in [9.17, 15) is 9.59 Å². The van der Waals surface area contributed by atoms with Crippen LogP contribution in [0.1, 0.15) is 53.7 Å². The summed E-state index contributed by atoms with van der Waals surface area (Å²) in [7, 11) is 0. The molecule has 160 valence electrons. The predicted molar refractivity (Wildman–Crippen MR) is 103 cm³/mol. The molecule has 1 aliphatic heterocycles. The van der Waals surface area contributed by atoms with Gasteiger partial charge in [-0.15, -0.1) is 0 Å². The van der Waals surface area contributed by atoms with Gasteiger partial charge in [0.1, 0.15) is 30.5 Å². The summed E-state index contributed by atoms with van der Waals surface area (Å²) in [5.41, 5.74) is 0.339. The van der Waals surface area contributed by atoms with Crippen LogP contribution in [0.15, 0.2) is 12.7 Å². The van der Waals surface area contributed by atoms with Crippen LogP contribution in [0.3, 0.4) is 0 Å². The van der Waals surface area contributed by atoms with Gasteiger partial charge in [0.2, 0.25) is 0 Å². The number of fused-ring (bicyclic) bond motifs is 1.